The van der Waals surface area contributed by atoms with Crippen molar-refractivity contribution in [1.82, 2.24) is 14.5 Å². The topological polar surface area (TPSA) is 103 Å². The Morgan fingerprint density at radius 3 is 2.76 bits per heavy atom. The van der Waals surface area contributed by atoms with E-state index in [1.54, 1.807) is 11.6 Å². The fourth-order valence-corrected chi connectivity index (χ4v) is 3.38. The lowest BCUT2D eigenvalue weighted by Crippen LogP contribution is -2.23. The van der Waals surface area contributed by atoms with Crippen molar-refractivity contribution in [2.75, 3.05) is 0 Å². The molecular weight excluding hydrogens is 292 g/mol. The number of nitrogens with two attached hydrogens (primary N) is 1. The van der Waals surface area contributed by atoms with E-state index in [4.69, 9.17) is 10.2 Å². The number of rotatable bonds is 6. The van der Waals surface area contributed by atoms with Gasteiger partial charge in [0.15, 0.2) is 0 Å². The van der Waals surface area contributed by atoms with Crippen molar-refractivity contribution in [3.8, 4) is 0 Å². The third kappa shape index (κ3) is 3.34. The highest BCUT2D eigenvalue weighted by Crippen LogP contribution is 2.20. The fraction of sp³-hybridized carbons (Fsp3) is 0.462. The van der Waals surface area contributed by atoms with Crippen LogP contribution in [0.2, 0.25) is 0 Å². The van der Waals surface area contributed by atoms with Crippen LogP contribution in [0.3, 0.4) is 0 Å². The SMILES string of the molecule is CCc1nn(C)cc1CNS(=O)(=O)c1cc(CN)oc1C. The number of aromatic nitrogens is 2. The summed E-state index contributed by atoms with van der Waals surface area (Å²) < 4.78 is 34.2. The fourth-order valence-electron chi connectivity index (χ4n) is 2.17. The summed E-state index contributed by atoms with van der Waals surface area (Å²) >= 11 is 0. The van der Waals surface area contributed by atoms with E-state index in [0.29, 0.717) is 11.5 Å². The summed E-state index contributed by atoms with van der Waals surface area (Å²) in [5.41, 5.74) is 7.21. The molecule has 0 aromatic carbocycles. The van der Waals surface area contributed by atoms with Gasteiger partial charge in [0.25, 0.3) is 0 Å². The highest BCUT2D eigenvalue weighted by Gasteiger charge is 2.21. The van der Waals surface area contributed by atoms with Gasteiger partial charge in [0, 0.05) is 31.4 Å². The molecule has 0 radical (unpaired) electrons. The molecule has 0 unspecified atom stereocenters. The maximum Gasteiger partial charge on any atom is 0.244 e. The lowest BCUT2D eigenvalue weighted by molar-refractivity contribution is 0.478. The molecule has 0 aliphatic rings. The molecule has 116 valence electrons. The summed E-state index contributed by atoms with van der Waals surface area (Å²) in [6, 6.07) is 1.46. The van der Waals surface area contributed by atoms with Crippen LogP contribution < -0.4 is 10.5 Å². The monoisotopic (exact) mass is 312 g/mol. The Kier molecular flexibility index (Phi) is 4.50. The minimum absolute atomic E-state index is 0.130. The zero-order chi connectivity index (χ0) is 15.6. The molecule has 0 saturated carbocycles. The van der Waals surface area contributed by atoms with Gasteiger partial charge >= 0.3 is 0 Å². The predicted molar refractivity (Wildman–Crippen MR) is 77.9 cm³/mol. The molecule has 0 bridgehead atoms. The summed E-state index contributed by atoms with van der Waals surface area (Å²) in [5, 5.41) is 4.28. The van der Waals surface area contributed by atoms with E-state index in [2.05, 4.69) is 9.82 Å². The number of nitrogens with one attached hydrogen (secondary N) is 1. The van der Waals surface area contributed by atoms with Gasteiger partial charge in [0.2, 0.25) is 10.0 Å². The summed E-state index contributed by atoms with van der Waals surface area (Å²) in [5.74, 6) is 0.786. The van der Waals surface area contributed by atoms with Crippen molar-refractivity contribution in [2.45, 2.75) is 38.3 Å². The number of hydrogen-bond donors (Lipinski definition) is 2. The Labute approximate surface area is 124 Å². The van der Waals surface area contributed by atoms with Gasteiger partial charge in [-0.1, -0.05) is 6.92 Å². The van der Waals surface area contributed by atoms with Gasteiger partial charge in [0.1, 0.15) is 16.4 Å². The molecule has 7 nitrogen and oxygen atoms in total. The molecule has 0 aliphatic carbocycles. The van der Waals surface area contributed by atoms with Crippen LogP contribution in [0.1, 0.15) is 29.7 Å². The maximum absolute atomic E-state index is 12.3. The lowest BCUT2D eigenvalue weighted by atomic mass is 10.2. The summed E-state index contributed by atoms with van der Waals surface area (Å²) in [6.45, 7) is 3.95. The van der Waals surface area contributed by atoms with Crippen LogP contribution in [0, 0.1) is 6.92 Å². The van der Waals surface area contributed by atoms with Crippen LogP contribution >= 0.6 is 0 Å². The molecule has 2 heterocycles. The normalized spacial score (nSPS) is 12.0. The number of aryl methyl sites for hydroxylation is 3. The molecule has 0 saturated heterocycles. The molecule has 0 aliphatic heterocycles. The molecule has 21 heavy (non-hydrogen) atoms. The van der Waals surface area contributed by atoms with Gasteiger partial charge in [-0.2, -0.15) is 5.10 Å². The number of hydrogen-bond acceptors (Lipinski definition) is 5. The predicted octanol–water partition coefficient (Wildman–Crippen LogP) is 0.821. The van der Waals surface area contributed by atoms with Crippen molar-refractivity contribution in [3.05, 3.63) is 35.0 Å². The third-order valence-electron chi connectivity index (χ3n) is 3.19. The van der Waals surface area contributed by atoms with Crippen molar-refractivity contribution in [2.24, 2.45) is 12.8 Å². The minimum atomic E-state index is -3.63. The second-order valence-corrected chi connectivity index (χ2v) is 6.53. The van der Waals surface area contributed by atoms with Gasteiger partial charge in [0.05, 0.1) is 12.2 Å². The first kappa shape index (κ1) is 15.7. The smallest absolute Gasteiger partial charge is 0.244 e. The summed E-state index contributed by atoms with van der Waals surface area (Å²) in [4.78, 5) is 0.130. The average molecular weight is 312 g/mol. The molecule has 2 rings (SSSR count). The first-order valence-electron chi connectivity index (χ1n) is 6.67. The minimum Gasteiger partial charge on any atom is -0.464 e. The maximum atomic E-state index is 12.3. The number of sulfonamides is 1. The highest BCUT2D eigenvalue weighted by molar-refractivity contribution is 7.89. The first-order valence-corrected chi connectivity index (χ1v) is 8.16. The third-order valence-corrected chi connectivity index (χ3v) is 4.70. The largest absolute Gasteiger partial charge is 0.464 e. The van der Waals surface area contributed by atoms with Gasteiger partial charge in [-0.25, -0.2) is 13.1 Å². The van der Waals surface area contributed by atoms with Crippen molar-refractivity contribution in [1.29, 1.82) is 0 Å². The number of furan rings is 1. The molecule has 0 amide bonds. The second kappa shape index (κ2) is 6.00. The van der Waals surface area contributed by atoms with Gasteiger partial charge in [-0.15, -0.1) is 0 Å². The second-order valence-electron chi connectivity index (χ2n) is 4.79. The van der Waals surface area contributed by atoms with Crippen LogP contribution in [0.4, 0.5) is 0 Å². The van der Waals surface area contributed by atoms with Crippen LogP contribution in [-0.2, 0) is 36.6 Å². The Hall–Kier alpha value is -1.64. The Morgan fingerprint density at radius 2 is 2.19 bits per heavy atom. The van der Waals surface area contributed by atoms with E-state index in [0.717, 1.165) is 17.7 Å². The standard InChI is InChI=1S/C13H20N4O3S/c1-4-12-10(8-17(3)16-12)7-15-21(18,19)13-5-11(6-14)20-9(13)2/h5,8,15H,4,6-7,14H2,1-3H3. The van der Waals surface area contributed by atoms with Crippen molar-refractivity contribution in [3.63, 3.8) is 0 Å². The van der Waals surface area contributed by atoms with E-state index < -0.39 is 10.0 Å². The molecule has 0 spiro atoms. The van der Waals surface area contributed by atoms with Crippen LogP contribution in [-0.4, -0.2) is 18.2 Å². The van der Waals surface area contributed by atoms with E-state index in [1.807, 2.05) is 20.2 Å². The van der Waals surface area contributed by atoms with Crippen molar-refractivity contribution < 1.29 is 12.8 Å². The van der Waals surface area contributed by atoms with Crippen LogP contribution in [0.15, 0.2) is 21.6 Å². The molecule has 8 heteroatoms. The highest BCUT2D eigenvalue weighted by atomic mass is 32.2. The molecule has 3 N–H and O–H groups in total. The molecule has 0 fully saturated rings. The summed E-state index contributed by atoms with van der Waals surface area (Å²) in [6.07, 6.45) is 2.56. The summed E-state index contributed by atoms with van der Waals surface area (Å²) in [7, 11) is -1.82. The zero-order valence-corrected chi connectivity index (χ0v) is 13.2. The van der Waals surface area contributed by atoms with Gasteiger partial charge in [-0.05, 0) is 13.3 Å². The Bertz CT molecular complexity index is 731. The van der Waals surface area contributed by atoms with E-state index >= 15 is 0 Å². The van der Waals surface area contributed by atoms with Crippen LogP contribution in [0.25, 0.3) is 0 Å². The average Bonchev–Trinajstić information content (AvgIpc) is 2.99. The molecular formula is C13H20N4O3S. The Morgan fingerprint density at radius 1 is 1.48 bits per heavy atom. The van der Waals surface area contributed by atoms with E-state index in [1.165, 1.54) is 6.07 Å². The zero-order valence-electron chi connectivity index (χ0n) is 12.4. The number of nitrogens with zero attached hydrogens (tertiary/aromatic N) is 2. The Balaban J connectivity index is 2.19. The molecule has 2 aromatic heterocycles. The quantitative estimate of drug-likeness (QED) is 0.822. The van der Waals surface area contributed by atoms with Crippen LogP contribution in [0.5, 0.6) is 0 Å². The van der Waals surface area contributed by atoms with Crippen molar-refractivity contribution >= 4 is 10.0 Å². The van der Waals surface area contributed by atoms with E-state index in [9.17, 15) is 8.42 Å². The van der Waals surface area contributed by atoms with E-state index in [-0.39, 0.29) is 18.0 Å². The first-order chi connectivity index (χ1) is 9.87. The van der Waals surface area contributed by atoms with Gasteiger partial charge < -0.3 is 10.2 Å². The lowest BCUT2D eigenvalue weighted by Gasteiger charge is -2.05. The molecule has 0 atom stereocenters. The van der Waals surface area contributed by atoms with Gasteiger partial charge in [-0.3, -0.25) is 4.68 Å². The molecule has 2 aromatic rings.